The van der Waals surface area contributed by atoms with Crippen LogP contribution in [0.4, 0.5) is 0 Å². The van der Waals surface area contributed by atoms with Crippen molar-refractivity contribution in [1.82, 2.24) is 9.55 Å². The largest absolute Gasteiger partial charge is 0.381 e. The number of aromatic nitrogens is 2. The van der Waals surface area contributed by atoms with Crippen molar-refractivity contribution in [3.05, 3.63) is 29.0 Å². The van der Waals surface area contributed by atoms with Crippen molar-refractivity contribution in [3.8, 4) is 0 Å². The van der Waals surface area contributed by atoms with Crippen molar-refractivity contribution < 1.29 is 4.74 Å². The van der Waals surface area contributed by atoms with Crippen LogP contribution >= 0.6 is 11.6 Å². The second-order valence-corrected chi connectivity index (χ2v) is 6.70. The van der Waals surface area contributed by atoms with Gasteiger partial charge in [-0.1, -0.05) is 11.6 Å². The Hall–Kier alpha value is -1.10. The summed E-state index contributed by atoms with van der Waals surface area (Å²) in [5, 5.41) is 0.739. The van der Waals surface area contributed by atoms with Crippen LogP contribution in [0.5, 0.6) is 0 Å². The molecule has 2 N–H and O–H groups in total. The number of benzene rings is 1. The summed E-state index contributed by atoms with van der Waals surface area (Å²) in [6, 6.07) is 6.59. The van der Waals surface area contributed by atoms with Gasteiger partial charge in [0.1, 0.15) is 5.82 Å². The topological polar surface area (TPSA) is 53.1 Å². The van der Waals surface area contributed by atoms with E-state index < -0.39 is 0 Å². The molecule has 1 aliphatic heterocycles. The Morgan fingerprint density at radius 2 is 2.10 bits per heavy atom. The number of hydrogen-bond donors (Lipinski definition) is 1. The number of fused-ring (bicyclic) bond motifs is 1. The molecule has 2 heterocycles. The first-order chi connectivity index (χ1) is 10.2. The van der Waals surface area contributed by atoms with E-state index in [1.807, 2.05) is 12.1 Å². The van der Waals surface area contributed by atoms with Crippen LogP contribution < -0.4 is 5.73 Å². The maximum absolute atomic E-state index is 6.18. The monoisotopic (exact) mass is 305 g/mol. The number of nitrogens with two attached hydrogens (primary N) is 1. The molecule has 21 heavy (non-hydrogen) atoms. The second-order valence-electron chi connectivity index (χ2n) is 6.27. The van der Waals surface area contributed by atoms with Crippen LogP contribution in [0.15, 0.2) is 18.2 Å². The van der Waals surface area contributed by atoms with E-state index in [0.29, 0.717) is 12.6 Å². The molecule has 4 rings (SSSR count). The minimum Gasteiger partial charge on any atom is -0.381 e. The van der Waals surface area contributed by atoms with Crippen molar-refractivity contribution in [2.45, 2.75) is 37.1 Å². The fourth-order valence-electron chi connectivity index (χ4n) is 3.43. The average Bonchev–Trinajstić information content (AvgIpc) is 3.28. The summed E-state index contributed by atoms with van der Waals surface area (Å²) < 4.78 is 7.96. The van der Waals surface area contributed by atoms with E-state index in [0.717, 1.165) is 42.4 Å². The average molecular weight is 306 g/mol. The van der Waals surface area contributed by atoms with Crippen LogP contribution in [0.1, 0.15) is 37.5 Å². The lowest BCUT2D eigenvalue weighted by Gasteiger charge is -2.36. The van der Waals surface area contributed by atoms with Gasteiger partial charge in [0.15, 0.2) is 0 Å². The molecule has 2 aromatic rings. The summed E-state index contributed by atoms with van der Waals surface area (Å²) in [4.78, 5) is 4.94. The highest BCUT2D eigenvalue weighted by Gasteiger charge is 2.40. The molecule has 0 spiro atoms. The molecule has 1 aromatic heterocycles. The molecular formula is C16H20ClN3O. The number of imidazole rings is 1. The predicted octanol–water partition coefficient (Wildman–Crippen LogP) is 3.03. The standard InChI is InChI=1S/C16H20ClN3O/c17-11-1-4-14-13(9-11)19-15(20(14)12-2-3-12)16(10-18)5-7-21-8-6-16/h1,4,9,12H,2-3,5-8,10,18H2. The van der Waals surface area contributed by atoms with Crippen LogP contribution in [0.2, 0.25) is 5.02 Å². The number of hydrogen-bond acceptors (Lipinski definition) is 3. The maximum Gasteiger partial charge on any atom is 0.117 e. The number of nitrogens with zero attached hydrogens (tertiary/aromatic N) is 2. The Morgan fingerprint density at radius 3 is 2.76 bits per heavy atom. The third kappa shape index (κ3) is 2.17. The smallest absolute Gasteiger partial charge is 0.117 e. The van der Waals surface area contributed by atoms with Gasteiger partial charge >= 0.3 is 0 Å². The zero-order valence-electron chi connectivity index (χ0n) is 12.0. The van der Waals surface area contributed by atoms with E-state index in [-0.39, 0.29) is 5.41 Å². The Balaban J connectivity index is 1.92. The molecule has 0 radical (unpaired) electrons. The lowest BCUT2D eigenvalue weighted by molar-refractivity contribution is 0.0488. The van der Waals surface area contributed by atoms with Crippen LogP contribution in [0.25, 0.3) is 11.0 Å². The molecule has 4 nitrogen and oxygen atoms in total. The van der Waals surface area contributed by atoms with Gasteiger partial charge in [-0.2, -0.15) is 0 Å². The highest BCUT2D eigenvalue weighted by atomic mass is 35.5. The van der Waals surface area contributed by atoms with Crippen molar-refractivity contribution in [1.29, 1.82) is 0 Å². The Bertz CT molecular complexity index is 671. The molecule has 2 fully saturated rings. The van der Waals surface area contributed by atoms with Gasteiger partial charge in [0.05, 0.1) is 11.0 Å². The predicted molar refractivity (Wildman–Crippen MR) is 83.8 cm³/mol. The SMILES string of the molecule is NCC1(c2nc3cc(Cl)ccc3n2C2CC2)CCOCC1. The fraction of sp³-hybridized carbons (Fsp3) is 0.562. The quantitative estimate of drug-likeness (QED) is 0.948. The molecule has 1 aromatic carbocycles. The van der Waals surface area contributed by atoms with E-state index in [9.17, 15) is 0 Å². The summed E-state index contributed by atoms with van der Waals surface area (Å²) in [6.07, 6.45) is 4.37. The molecule has 2 aliphatic rings. The number of rotatable bonds is 3. The maximum atomic E-state index is 6.18. The molecular weight excluding hydrogens is 286 g/mol. The third-order valence-electron chi connectivity index (χ3n) is 4.88. The van der Waals surface area contributed by atoms with E-state index in [4.69, 9.17) is 27.1 Å². The molecule has 112 valence electrons. The molecule has 1 saturated carbocycles. The molecule has 0 amide bonds. The first-order valence-electron chi connectivity index (χ1n) is 7.69. The van der Waals surface area contributed by atoms with Gasteiger partial charge in [-0.3, -0.25) is 0 Å². The Labute approximate surface area is 129 Å². The Kier molecular flexibility index (Phi) is 3.21. The van der Waals surface area contributed by atoms with Gasteiger partial charge in [0.2, 0.25) is 0 Å². The molecule has 0 atom stereocenters. The number of halogens is 1. The fourth-order valence-corrected chi connectivity index (χ4v) is 3.60. The van der Waals surface area contributed by atoms with Crippen molar-refractivity contribution in [2.75, 3.05) is 19.8 Å². The summed E-state index contributed by atoms with van der Waals surface area (Å²) in [5.74, 6) is 1.15. The van der Waals surface area contributed by atoms with Gasteiger partial charge in [0.25, 0.3) is 0 Å². The summed E-state index contributed by atoms with van der Waals surface area (Å²) in [7, 11) is 0. The van der Waals surface area contributed by atoms with E-state index >= 15 is 0 Å². The highest BCUT2D eigenvalue weighted by Crippen LogP contribution is 2.44. The van der Waals surface area contributed by atoms with Crippen molar-refractivity contribution in [2.24, 2.45) is 5.73 Å². The van der Waals surface area contributed by atoms with Crippen LogP contribution in [-0.2, 0) is 10.2 Å². The van der Waals surface area contributed by atoms with Crippen LogP contribution in [0.3, 0.4) is 0 Å². The minimum absolute atomic E-state index is 0.0493. The molecule has 0 unspecified atom stereocenters. The first-order valence-corrected chi connectivity index (χ1v) is 8.07. The van der Waals surface area contributed by atoms with Gasteiger partial charge in [-0.25, -0.2) is 4.98 Å². The van der Waals surface area contributed by atoms with Gasteiger partial charge in [-0.05, 0) is 43.9 Å². The zero-order valence-corrected chi connectivity index (χ0v) is 12.8. The van der Waals surface area contributed by atoms with E-state index in [1.54, 1.807) is 0 Å². The normalized spacial score (nSPS) is 21.8. The molecule has 0 bridgehead atoms. The van der Waals surface area contributed by atoms with Gasteiger partial charge in [-0.15, -0.1) is 0 Å². The summed E-state index contributed by atoms with van der Waals surface area (Å²) in [6.45, 7) is 2.16. The van der Waals surface area contributed by atoms with E-state index in [2.05, 4.69) is 10.6 Å². The first kappa shape index (κ1) is 13.6. The highest BCUT2D eigenvalue weighted by molar-refractivity contribution is 6.31. The summed E-state index contributed by atoms with van der Waals surface area (Å²) in [5.41, 5.74) is 8.31. The van der Waals surface area contributed by atoms with Crippen LogP contribution in [-0.4, -0.2) is 29.3 Å². The van der Waals surface area contributed by atoms with Gasteiger partial charge < -0.3 is 15.0 Å². The van der Waals surface area contributed by atoms with Gasteiger partial charge in [0, 0.05) is 36.2 Å². The third-order valence-corrected chi connectivity index (χ3v) is 5.11. The minimum atomic E-state index is -0.0493. The Morgan fingerprint density at radius 1 is 1.33 bits per heavy atom. The summed E-state index contributed by atoms with van der Waals surface area (Å²) >= 11 is 6.14. The lowest BCUT2D eigenvalue weighted by Crippen LogP contribution is -2.42. The molecule has 5 heteroatoms. The molecule has 1 aliphatic carbocycles. The van der Waals surface area contributed by atoms with Crippen molar-refractivity contribution in [3.63, 3.8) is 0 Å². The van der Waals surface area contributed by atoms with Crippen LogP contribution in [0, 0.1) is 0 Å². The lowest BCUT2D eigenvalue weighted by atomic mass is 9.79. The second kappa shape index (κ2) is 4.97. The molecule has 1 saturated heterocycles. The number of ether oxygens (including phenoxy) is 1. The van der Waals surface area contributed by atoms with E-state index in [1.165, 1.54) is 18.4 Å². The van der Waals surface area contributed by atoms with Crippen molar-refractivity contribution >= 4 is 22.6 Å². The zero-order chi connectivity index (χ0) is 14.4.